The van der Waals surface area contributed by atoms with Gasteiger partial charge in [0.25, 0.3) is 0 Å². The zero-order chi connectivity index (χ0) is 12.8. The molecule has 4 nitrogen and oxygen atoms in total. The smallest absolute Gasteiger partial charge is 0.0510 e. The van der Waals surface area contributed by atoms with Crippen LogP contribution >= 0.6 is 0 Å². The minimum atomic E-state index is 0.508. The predicted octanol–water partition coefficient (Wildman–Crippen LogP) is 1.14. The van der Waals surface area contributed by atoms with E-state index >= 15 is 0 Å². The Morgan fingerprint density at radius 1 is 1.61 bits per heavy atom. The van der Waals surface area contributed by atoms with E-state index < -0.39 is 0 Å². The molecule has 0 amide bonds. The van der Waals surface area contributed by atoms with Crippen LogP contribution in [0.4, 0.5) is 0 Å². The Balaban J connectivity index is 1.83. The number of hydrogen-bond donors (Lipinski definition) is 1. The highest BCUT2D eigenvalue weighted by Crippen LogP contribution is 2.17. The van der Waals surface area contributed by atoms with Gasteiger partial charge in [-0.1, -0.05) is 6.07 Å². The minimum Gasteiger partial charge on any atom is -0.381 e. The molecule has 1 saturated heterocycles. The van der Waals surface area contributed by atoms with Gasteiger partial charge in [-0.3, -0.25) is 4.98 Å². The van der Waals surface area contributed by atoms with Crippen molar-refractivity contribution in [2.24, 2.45) is 5.92 Å². The highest BCUT2D eigenvalue weighted by molar-refractivity contribution is 5.08. The fourth-order valence-corrected chi connectivity index (χ4v) is 2.55. The van der Waals surface area contributed by atoms with E-state index in [1.165, 1.54) is 12.0 Å². The molecule has 2 heterocycles. The molecule has 1 aliphatic heterocycles. The summed E-state index contributed by atoms with van der Waals surface area (Å²) in [6.45, 7) is 3.79. The largest absolute Gasteiger partial charge is 0.381 e. The third kappa shape index (κ3) is 3.77. The summed E-state index contributed by atoms with van der Waals surface area (Å²) in [5, 5.41) is 3.42. The molecule has 0 aromatic carbocycles. The maximum atomic E-state index is 5.47. The monoisotopic (exact) mass is 249 g/mol. The third-order valence-electron chi connectivity index (χ3n) is 3.59. The van der Waals surface area contributed by atoms with Gasteiger partial charge in [0.2, 0.25) is 0 Å². The zero-order valence-corrected chi connectivity index (χ0v) is 11.3. The number of aromatic nitrogens is 1. The van der Waals surface area contributed by atoms with Crippen molar-refractivity contribution in [1.82, 2.24) is 15.2 Å². The van der Waals surface area contributed by atoms with E-state index in [4.69, 9.17) is 4.74 Å². The Bertz CT molecular complexity index is 338. The molecule has 1 aliphatic rings. The van der Waals surface area contributed by atoms with Crippen molar-refractivity contribution >= 4 is 0 Å². The quantitative estimate of drug-likeness (QED) is 0.820. The summed E-state index contributed by atoms with van der Waals surface area (Å²) in [5.74, 6) is 0.645. The van der Waals surface area contributed by atoms with Crippen LogP contribution < -0.4 is 5.32 Å². The van der Waals surface area contributed by atoms with Gasteiger partial charge >= 0.3 is 0 Å². The van der Waals surface area contributed by atoms with E-state index in [1.54, 1.807) is 0 Å². The summed E-state index contributed by atoms with van der Waals surface area (Å²) >= 11 is 0. The molecular weight excluding hydrogens is 226 g/mol. The summed E-state index contributed by atoms with van der Waals surface area (Å²) in [7, 11) is 4.20. The van der Waals surface area contributed by atoms with E-state index in [9.17, 15) is 0 Å². The molecule has 0 spiro atoms. The maximum Gasteiger partial charge on any atom is 0.0510 e. The van der Waals surface area contributed by atoms with Crippen LogP contribution in [0.15, 0.2) is 24.5 Å². The Morgan fingerprint density at radius 2 is 2.50 bits per heavy atom. The lowest BCUT2D eigenvalue weighted by Gasteiger charge is -2.27. The van der Waals surface area contributed by atoms with Crippen LogP contribution in [0.3, 0.4) is 0 Å². The van der Waals surface area contributed by atoms with Gasteiger partial charge in [-0.2, -0.15) is 0 Å². The molecule has 1 fully saturated rings. The van der Waals surface area contributed by atoms with Gasteiger partial charge in [0.05, 0.1) is 6.61 Å². The molecule has 0 saturated carbocycles. The summed E-state index contributed by atoms with van der Waals surface area (Å²) in [4.78, 5) is 6.50. The fraction of sp³-hybridized carbons (Fsp3) is 0.643. The van der Waals surface area contributed by atoms with Gasteiger partial charge in [0, 0.05) is 44.0 Å². The molecule has 2 rings (SSSR count). The third-order valence-corrected chi connectivity index (χ3v) is 3.59. The first-order valence-corrected chi connectivity index (χ1v) is 6.62. The molecule has 1 aromatic rings. The summed E-state index contributed by atoms with van der Waals surface area (Å²) in [6.07, 6.45) is 4.92. The molecule has 18 heavy (non-hydrogen) atoms. The second-order valence-corrected chi connectivity index (χ2v) is 5.08. The van der Waals surface area contributed by atoms with Gasteiger partial charge in [0.15, 0.2) is 0 Å². The van der Waals surface area contributed by atoms with Crippen molar-refractivity contribution in [1.29, 1.82) is 0 Å². The fourth-order valence-electron chi connectivity index (χ4n) is 2.55. The molecule has 4 heteroatoms. The zero-order valence-electron chi connectivity index (χ0n) is 11.3. The molecule has 2 atom stereocenters. The van der Waals surface area contributed by atoms with Crippen LogP contribution in [0.5, 0.6) is 0 Å². The first-order chi connectivity index (χ1) is 8.79. The molecule has 2 unspecified atom stereocenters. The van der Waals surface area contributed by atoms with E-state index in [2.05, 4.69) is 28.3 Å². The van der Waals surface area contributed by atoms with E-state index in [-0.39, 0.29) is 0 Å². The lowest BCUT2D eigenvalue weighted by Crippen LogP contribution is -2.43. The van der Waals surface area contributed by atoms with Gasteiger partial charge in [-0.15, -0.1) is 0 Å². The lowest BCUT2D eigenvalue weighted by molar-refractivity contribution is 0.167. The van der Waals surface area contributed by atoms with Crippen LogP contribution in [-0.4, -0.2) is 49.8 Å². The van der Waals surface area contributed by atoms with Crippen LogP contribution in [0.1, 0.15) is 12.0 Å². The number of nitrogens with one attached hydrogen (secondary N) is 1. The number of pyridine rings is 1. The van der Waals surface area contributed by atoms with E-state index in [0.717, 1.165) is 26.3 Å². The number of likely N-dealkylation sites (N-methyl/N-ethyl adjacent to an activating group) is 2. The SMILES string of the molecule is CNC(CN(C)Cc1cccnc1)C1CCOC1. The molecule has 100 valence electrons. The van der Waals surface area contributed by atoms with Crippen molar-refractivity contribution < 1.29 is 4.74 Å². The molecule has 0 bridgehead atoms. The first kappa shape index (κ1) is 13.5. The Hall–Kier alpha value is -0.970. The van der Waals surface area contributed by atoms with Gasteiger partial charge in [-0.25, -0.2) is 0 Å². The number of rotatable bonds is 6. The summed E-state index contributed by atoms with van der Waals surface area (Å²) in [6, 6.07) is 4.62. The van der Waals surface area contributed by atoms with Crippen molar-refractivity contribution in [3.63, 3.8) is 0 Å². The standard InChI is InChI=1S/C14H23N3O/c1-15-14(13-5-7-18-11-13)10-17(2)9-12-4-3-6-16-8-12/h3-4,6,8,13-15H,5,7,9-11H2,1-2H3. The van der Waals surface area contributed by atoms with Crippen LogP contribution in [-0.2, 0) is 11.3 Å². The number of hydrogen-bond acceptors (Lipinski definition) is 4. The Kier molecular flexibility index (Phi) is 5.11. The van der Waals surface area contributed by atoms with Crippen LogP contribution in [0, 0.1) is 5.92 Å². The van der Waals surface area contributed by atoms with Gasteiger partial charge in [-0.05, 0) is 32.1 Å². The average molecular weight is 249 g/mol. The van der Waals surface area contributed by atoms with Crippen molar-refractivity contribution in [2.75, 3.05) is 33.9 Å². The van der Waals surface area contributed by atoms with E-state index in [1.807, 2.05) is 25.5 Å². The van der Waals surface area contributed by atoms with Crippen molar-refractivity contribution in [2.45, 2.75) is 19.0 Å². The van der Waals surface area contributed by atoms with E-state index in [0.29, 0.717) is 12.0 Å². The lowest BCUT2D eigenvalue weighted by atomic mass is 9.98. The summed E-state index contributed by atoms with van der Waals surface area (Å²) in [5.41, 5.74) is 1.26. The summed E-state index contributed by atoms with van der Waals surface area (Å²) < 4.78 is 5.47. The maximum absolute atomic E-state index is 5.47. The van der Waals surface area contributed by atoms with Gasteiger partial charge < -0.3 is 15.0 Å². The molecule has 0 aliphatic carbocycles. The average Bonchev–Trinajstić information content (AvgIpc) is 2.91. The molecule has 1 N–H and O–H groups in total. The van der Waals surface area contributed by atoms with Gasteiger partial charge in [0.1, 0.15) is 0 Å². The molecule has 1 aromatic heterocycles. The van der Waals surface area contributed by atoms with Crippen molar-refractivity contribution in [3.8, 4) is 0 Å². The van der Waals surface area contributed by atoms with Crippen molar-refractivity contribution in [3.05, 3.63) is 30.1 Å². The first-order valence-electron chi connectivity index (χ1n) is 6.62. The minimum absolute atomic E-state index is 0.508. The molecular formula is C14H23N3O. The Labute approximate surface area is 109 Å². The topological polar surface area (TPSA) is 37.4 Å². The highest BCUT2D eigenvalue weighted by atomic mass is 16.5. The van der Waals surface area contributed by atoms with Crippen LogP contribution in [0.25, 0.3) is 0 Å². The second-order valence-electron chi connectivity index (χ2n) is 5.08. The number of ether oxygens (including phenoxy) is 1. The normalized spacial score (nSPS) is 21.4. The highest BCUT2D eigenvalue weighted by Gasteiger charge is 2.25. The van der Waals surface area contributed by atoms with Crippen LogP contribution in [0.2, 0.25) is 0 Å². The number of nitrogens with zero attached hydrogens (tertiary/aromatic N) is 2. The Morgan fingerprint density at radius 3 is 3.11 bits per heavy atom. The second kappa shape index (κ2) is 6.83. The predicted molar refractivity (Wildman–Crippen MR) is 72.3 cm³/mol. The molecule has 0 radical (unpaired) electrons.